The summed E-state index contributed by atoms with van der Waals surface area (Å²) < 4.78 is 0. The summed E-state index contributed by atoms with van der Waals surface area (Å²) in [5.41, 5.74) is 5.57. The molecule has 0 fully saturated rings. The van der Waals surface area contributed by atoms with Crippen LogP contribution in [0, 0.1) is 13.8 Å². The molecule has 3 nitrogen and oxygen atoms in total. The Morgan fingerprint density at radius 1 is 1.05 bits per heavy atom. The molecule has 0 unspecified atom stereocenters. The van der Waals surface area contributed by atoms with Crippen molar-refractivity contribution in [2.24, 2.45) is 0 Å². The lowest BCUT2D eigenvalue weighted by Gasteiger charge is -2.11. The van der Waals surface area contributed by atoms with Crippen LogP contribution < -0.4 is 5.32 Å². The highest BCUT2D eigenvalue weighted by molar-refractivity contribution is 5.90. The first-order valence-corrected chi connectivity index (χ1v) is 6.74. The normalized spacial score (nSPS) is 10.7. The van der Waals surface area contributed by atoms with Gasteiger partial charge in [0, 0.05) is 30.0 Å². The van der Waals surface area contributed by atoms with E-state index < -0.39 is 0 Å². The van der Waals surface area contributed by atoms with Gasteiger partial charge in [0.25, 0.3) is 0 Å². The first kappa shape index (κ1) is 12.6. The molecular formula is C17H17N3. The highest BCUT2D eigenvalue weighted by atomic mass is 14.9. The predicted octanol–water partition coefficient (Wildman–Crippen LogP) is 3.86. The van der Waals surface area contributed by atoms with Gasteiger partial charge in [-0.3, -0.25) is 9.97 Å². The fourth-order valence-electron chi connectivity index (χ4n) is 2.26. The third-order valence-electron chi connectivity index (χ3n) is 3.48. The number of aromatic nitrogens is 2. The number of hydrogen-bond acceptors (Lipinski definition) is 3. The zero-order valence-electron chi connectivity index (χ0n) is 11.7. The van der Waals surface area contributed by atoms with Gasteiger partial charge in [-0.15, -0.1) is 0 Å². The van der Waals surface area contributed by atoms with Crippen molar-refractivity contribution in [3.05, 3.63) is 65.6 Å². The summed E-state index contributed by atoms with van der Waals surface area (Å²) in [6.07, 6.45) is 3.73. The molecule has 0 aliphatic carbocycles. The van der Waals surface area contributed by atoms with E-state index in [0.29, 0.717) is 0 Å². The van der Waals surface area contributed by atoms with Crippen molar-refractivity contribution in [1.82, 2.24) is 9.97 Å². The third-order valence-corrected chi connectivity index (χ3v) is 3.48. The van der Waals surface area contributed by atoms with E-state index >= 15 is 0 Å². The SMILES string of the molecule is Cc1ccc2cccc(NCc3cnccc3C)c2n1. The molecule has 1 aromatic carbocycles. The number of benzene rings is 1. The van der Waals surface area contributed by atoms with Crippen LogP contribution in [0.2, 0.25) is 0 Å². The monoisotopic (exact) mass is 263 g/mol. The molecule has 0 saturated carbocycles. The van der Waals surface area contributed by atoms with Crippen molar-refractivity contribution < 1.29 is 0 Å². The van der Waals surface area contributed by atoms with E-state index in [9.17, 15) is 0 Å². The zero-order chi connectivity index (χ0) is 13.9. The smallest absolute Gasteiger partial charge is 0.0936 e. The quantitative estimate of drug-likeness (QED) is 0.779. The summed E-state index contributed by atoms with van der Waals surface area (Å²) in [7, 11) is 0. The van der Waals surface area contributed by atoms with Crippen molar-refractivity contribution in [2.75, 3.05) is 5.32 Å². The largest absolute Gasteiger partial charge is 0.379 e. The average molecular weight is 263 g/mol. The van der Waals surface area contributed by atoms with E-state index in [-0.39, 0.29) is 0 Å². The van der Waals surface area contributed by atoms with Gasteiger partial charge in [0.15, 0.2) is 0 Å². The summed E-state index contributed by atoms with van der Waals surface area (Å²) >= 11 is 0. The van der Waals surface area contributed by atoms with Gasteiger partial charge >= 0.3 is 0 Å². The van der Waals surface area contributed by atoms with Crippen molar-refractivity contribution in [1.29, 1.82) is 0 Å². The fraction of sp³-hybridized carbons (Fsp3) is 0.176. The first-order chi connectivity index (χ1) is 9.74. The molecule has 0 saturated heterocycles. The minimum atomic E-state index is 0.758. The van der Waals surface area contributed by atoms with Gasteiger partial charge in [0.05, 0.1) is 11.2 Å². The van der Waals surface area contributed by atoms with Crippen molar-refractivity contribution in [3.63, 3.8) is 0 Å². The molecule has 3 aromatic rings. The van der Waals surface area contributed by atoms with Gasteiger partial charge in [-0.2, -0.15) is 0 Å². The molecule has 100 valence electrons. The molecule has 3 heteroatoms. The van der Waals surface area contributed by atoms with Gasteiger partial charge < -0.3 is 5.32 Å². The van der Waals surface area contributed by atoms with Crippen LogP contribution in [0.5, 0.6) is 0 Å². The van der Waals surface area contributed by atoms with Crippen molar-refractivity contribution in [2.45, 2.75) is 20.4 Å². The van der Waals surface area contributed by atoms with Crippen LogP contribution in [-0.2, 0) is 6.54 Å². The van der Waals surface area contributed by atoms with Crippen LogP contribution in [-0.4, -0.2) is 9.97 Å². The Balaban J connectivity index is 1.91. The Labute approximate surface area is 118 Å². The molecule has 20 heavy (non-hydrogen) atoms. The lowest BCUT2D eigenvalue weighted by Crippen LogP contribution is -2.03. The molecule has 2 aromatic heterocycles. The first-order valence-electron chi connectivity index (χ1n) is 6.74. The molecule has 0 aliphatic rings. The van der Waals surface area contributed by atoms with Crippen LogP contribution >= 0.6 is 0 Å². The Morgan fingerprint density at radius 3 is 2.80 bits per heavy atom. The molecule has 2 heterocycles. The van der Waals surface area contributed by atoms with Crippen molar-refractivity contribution >= 4 is 16.6 Å². The molecule has 0 amide bonds. The van der Waals surface area contributed by atoms with Gasteiger partial charge in [-0.05, 0) is 43.2 Å². The van der Waals surface area contributed by atoms with E-state index in [1.807, 2.05) is 31.5 Å². The minimum absolute atomic E-state index is 0.758. The number of anilines is 1. The Hall–Kier alpha value is -2.42. The van der Waals surface area contributed by atoms with E-state index in [1.165, 1.54) is 11.1 Å². The number of aryl methyl sites for hydroxylation is 2. The summed E-state index contributed by atoms with van der Waals surface area (Å²) in [6, 6.07) is 12.4. The topological polar surface area (TPSA) is 37.8 Å². The van der Waals surface area contributed by atoms with Gasteiger partial charge in [-0.1, -0.05) is 18.2 Å². The lowest BCUT2D eigenvalue weighted by molar-refractivity contribution is 1.08. The maximum atomic E-state index is 4.63. The molecule has 1 N–H and O–H groups in total. The number of nitrogens with one attached hydrogen (secondary N) is 1. The molecule has 0 spiro atoms. The van der Waals surface area contributed by atoms with Crippen LogP contribution in [0.15, 0.2) is 48.8 Å². The van der Waals surface area contributed by atoms with Crippen LogP contribution in [0.3, 0.4) is 0 Å². The predicted molar refractivity (Wildman–Crippen MR) is 82.8 cm³/mol. The van der Waals surface area contributed by atoms with Gasteiger partial charge in [0.1, 0.15) is 0 Å². The number of para-hydroxylation sites is 1. The number of hydrogen-bond donors (Lipinski definition) is 1. The minimum Gasteiger partial charge on any atom is -0.379 e. The number of rotatable bonds is 3. The second kappa shape index (κ2) is 5.29. The summed E-state index contributed by atoms with van der Waals surface area (Å²) in [5.74, 6) is 0. The van der Waals surface area contributed by atoms with Gasteiger partial charge in [0.2, 0.25) is 0 Å². The standard InChI is InChI=1S/C17H17N3/c1-12-8-9-18-10-15(12)11-19-16-5-3-4-14-7-6-13(2)20-17(14)16/h3-10,19H,11H2,1-2H3. The van der Waals surface area contributed by atoms with E-state index in [4.69, 9.17) is 0 Å². The number of pyridine rings is 2. The number of nitrogens with zero attached hydrogens (tertiary/aromatic N) is 2. The van der Waals surface area contributed by atoms with Crippen molar-refractivity contribution in [3.8, 4) is 0 Å². The molecule has 0 bridgehead atoms. The second-order valence-electron chi connectivity index (χ2n) is 4.99. The van der Waals surface area contributed by atoms with Gasteiger partial charge in [-0.25, -0.2) is 0 Å². The van der Waals surface area contributed by atoms with E-state index in [0.717, 1.165) is 28.8 Å². The van der Waals surface area contributed by atoms with Crippen LogP contribution in [0.1, 0.15) is 16.8 Å². The zero-order valence-corrected chi connectivity index (χ0v) is 11.7. The fourth-order valence-corrected chi connectivity index (χ4v) is 2.26. The summed E-state index contributed by atoms with van der Waals surface area (Å²) in [4.78, 5) is 8.81. The molecule has 0 radical (unpaired) electrons. The Morgan fingerprint density at radius 2 is 1.95 bits per heavy atom. The molecule has 0 aliphatic heterocycles. The number of fused-ring (bicyclic) bond motifs is 1. The molecule has 3 rings (SSSR count). The Bertz CT molecular complexity index is 750. The lowest BCUT2D eigenvalue weighted by atomic mass is 10.1. The highest BCUT2D eigenvalue weighted by Crippen LogP contribution is 2.22. The summed E-state index contributed by atoms with van der Waals surface area (Å²) in [6.45, 7) is 4.88. The van der Waals surface area contributed by atoms with Crippen LogP contribution in [0.4, 0.5) is 5.69 Å². The van der Waals surface area contributed by atoms with Crippen LogP contribution in [0.25, 0.3) is 10.9 Å². The van der Waals surface area contributed by atoms with E-state index in [2.05, 4.69) is 46.5 Å². The Kier molecular flexibility index (Phi) is 3.33. The third kappa shape index (κ3) is 2.48. The summed E-state index contributed by atoms with van der Waals surface area (Å²) in [5, 5.41) is 4.63. The molecular weight excluding hydrogens is 246 g/mol. The maximum Gasteiger partial charge on any atom is 0.0936 e. The highest BCUT2D eigenvalue weighted by Gasteiger charge is 2.03. The molecule has 0 atom stereocenters. The second-order valence-corrected chi connectivity index (χ2v) is 4.99. The average Bonchev–Trinajstić information content (AvgIpc) is 2.46. The van der Waals surface area contributed by atoms with E-state index in [1.54, 1.807) is 0 Å². The maximum absolute atomic E-state index is 4.63.